The van der Waals surface area contributed by atoms with Gasteiger partial charge in [-0.2, -0.15) is 35.7 Å². The first kappa shape index (κ1) is 25.4. The topological polar surface area (TPSA) is 58.5 Å². The van der Waals surface area contributed by atoms with Gasteiger partial charge in [0.25, 0.3) is 5.91 Å². The van der Waals surface area contributed by atoms with Gasteiger partial charge in [-0.1, -0.05) is 6.07 Å². The molecule has 2 aromatic rings. The molecule has 0 aliphatic carbocycles. The quantitative estimate of drug-likeness (QED) is 0.165. The molecule has 0 fully saturated rings. The number of carbonyl (C=O) groups excluding carboxylic acids is 2. The highest BCUT2D eigenvalue weighted by molar-refractivity contribution is 9.11. The number of halogens is 9. The van der Waals surface area contributed by atoms with Crippen molar-refractivity contribution >= 4 is 67.0 Å². The molecule has 2 aromatic carbocycles. The van der Waals surface area contributed by atoms with E-state index in [0.29, 0.717) is 0 Å². The van der Waals surface area contributed by atoms with E-state index in [2.05, 4.69) is 42.2 Å². The lowest BCUT2D eigenvalue weighted by Crippen LogP contribution is -2.49. The van der Waals surface area contributed by atoms with Crippen LogP contribution in [0.3, 0.4) is 0 Å². The van der Waals surface area contributed by atoms with Crippen molar-refractivity contribution in [3.63, 3.8) is 0 Å². The van der Waals surface area contributed by atoms with Crippen molar-refractivity contribution in [1.82, 2.24) is 0 Å². The monoisotopic (exact) mass is 594 g/mol. The van der Waals surface area contributed by atoms with Crippen molar-refractivity contribution in [2.75, 3.05) is 5.32 Å². The molecule has 0 aromatic heterocycles. The Morgan fingerprint density at radius 3 is 2.10 bits per heavy atom. The SMILES string of the molecule is O=C=Nc1cccc(C(=O)Nc2c(Br)cc(SC(F)(F)C(F)(F)C(F)(F)F)cc2Br)c1. The maximum atomic E-state index is 13.6. The predicted molar refractivity (Wildman–Crippen MR) is 106 cm³/mol. The van der Waals surface area contributed by atoms with E-state index in [4.69, 9.17) is 0 Å². The van der Waals surface area contributed by atoms with E-state index in [0.717, 1.165) is 12.1 Å². The standard InChI is InChI=1S/C17H7Br2F7N2O2S/c18-11-5-10(31-17(25,26)15(20,21)16(22,23)24)6-12(19)13(11)28-14(30)8-2-1-3-9(4-8)27-7-29/h1-6H,(H,28,30). The maximum Gasteiger partial charge on any atom is 0.460 e. The number of rotatable bonds is 6. The third kappa shape index (κ3) is 5.68. The summed E-state index contributed by atoms with van der Waals surface area (Å²) in [6, 6.07) is 7.18. The molecular formula is C17H7Br2F7N2O2S. The molecule has 0 saturated carbocycles. The Labute approximate surface area is 190 Å². The van der Waals surface area contributed by atoms with E-state index >= 15 is 0 Å². The summed E-state index contributed by atoms with van der Waals surface area (Å²) in [5, 5.41) is -3.08. The highest BCUT2D eigenvalue weighted by Crippen LogP contribution is 2.54. The Bertz CT molecular complexity index is 1030. The highest BCUT2D eigenvalue weighted by Gasteiger charge is 2.73. The van der Waals surface area contributed by atoms with Crippen molar-refractivity contribution in [2.45, 2.75) is 22.2 Å². The fourth-order valence-electron chi connectivity index (χ4n) is 2.06. The Hall–Kier alpha value is -1.89. The van der Waals surface area contributed by atoms with Crippen LogP contribution in [-0.4, -0.2) is 29.3 Å². The molecule has 0 atom stereocenters. The fourth-order valence-corrected chi connectivity index (χ4v) is 4.64. The number of hydrogen-bond donors (Lipinski definition) is 1. The molecule has 0 spiro atoms. The number of alkyl halides is 7. The number of thioether (sulfide) groups is 1. The molecule has 0 saturated heterocycles. The van der Waals surface area contributed by atoms with Crippen LogP contribution in [0.2, 0.25) is 0 Å². The molecule has 0 aliphatic heterocycles. The zero-order chi connectivity index (χ0) is 23.6. The molecule has 0 unspecified atom stereocenters. The molecular weight excluding hydrogens is 589 g/mol. The predicted octanol–water partition coefficient (Wildman–Crippen LogP) is 7.31. The van der Waals surface area contributed by atoms with E-state index in [9.17, 15) is 40.3 Å². The van der Waals surface area contributed by atoms with E-state index < -0.39 is 39.9 Å². The van der Waals surface area contributed by atoms with Crippen LogP contribution in [-0.2, 0) is 4.79 Å². The number of nitrogens with one attached hydrogen (secondary N) is 1. The van der Waals surface area contributed by atoms with Gasteiger partial charge < -0.3 is 5.32 Å². The molecule has 14 heteroatoms. The van der Waals surface area contributed by atoms with Crippen LogP contribution >= 0.6 is 43.6 Å². The first-order valence-electron chi connectivity index (χ1n) is 7.69. The number of aliphatic imine (C=N–C) groups is 1. The molecule has 31 heavy (non-hydrogen) atoms. The van der Waals surface area contributed by atoms with E-state index in [-0.39, 0.29) is 25.9 Å². The molecule has 1 N–H and O–H groups in total. The van der Waals surface area contributed by atoms with Crippen molar-refractivity contribution in [1.29, 1.82) is 0 Å². The summed E-state index contributed by atoms with van der Waals surface area (Å²) >= 11 is 4.92. The number of carbonyl (C=O) groups is 1. The van der Waals surface area contributed by atoms with Crippen LogP contribution in [0.1, 0.15) is 10.4 Å². The van der Waals surface area contributed by atoms with Crippen LogP contribution in [0.25, 0.3) is 0 Å². The second kappa shape index (κ2) is 9.31. The average Bonchev–Trinajstić information content (AvgIpc) is 2.63. The van der Waals surface area contributed by atoms with Crippen LogP contribution in [0.5, 0.6) is 0 Å². The molecule has 4 nitrogen and oxygen atoms in total. The normalized spacial score (nSPS) is 12.3. The van der Waals surface area contributed by atoms with E-state index in [1.807, 2.05) is 0 Å². The summed E-state index contributed by atoms with van der Waals surface area (Å²) in [4.78, 5) is 25.4. The molecule has 0 aliphatic rings. The summed E-state index contributed by atoms with van der Waals surface area (Å²) < 4.78 is 90.2. The van der Waals surface area contributed by atoms with Gasteiger partial charge >= 0.3 is 17.4 Å². The zero-order valence-electron chi connectivity index (χ0n) is 14.5. The number of hydrogen-bond acceptors (Lipinski definition) is 4. The summed E-state index contributed by atoms with van der Waals surface area (Å²) in [7, 11) is 0. The number of amides is 1. The van der Waals surface area contributed by atoms with Crippen molar-refractivity contribution in [3.8, 4) is 0 Å². The smallest absolute Gasteiger partial charge is 0.320 e. The van der Waals surface area contributed by atoms with Gasteiger partial charge in [-0.15, -0.1) is 0 Å². The molecule has 0 heterocycles. The Kier molecular flexibility index (Phi) is 7.62. The fraction of sp³-hybridized carbons (Fsp3) is 0.176. The van der Waals surface area contributed by atoms with Gasteiger partial charge in [0.2, 0.25) is 6.08 Å². The summed E-state index contributed by atoms with van der Waals surface area (Å²) in [5.74, 6) is -6.98. The Morgan fingerprint density at radius 1 is 1.00 bits per heavy atom. The lowest BCUT2D eigenvalue weighted by molar-refractivity contribution is -0.330. The first-order chi connectivity index (χ1) is 14.2. The van der Waals surface area contributed by atoms with Crippen molar-refractivity contribution in [2.24, 2.45) is 4.99 Å². The van der Waals surface area contributed by atoms with Gasteiger partial charge in [-0.05, 0) is 74.0 Å². The summed E-state index contributed by atoms with van der Waals surface area (Å²) in [5.41, 5.74) is 0.190. The third-order valence-corrected chi connectivity index (χ3v) is 5.74. The Balaban J connectivity index is 2.29. The number of anilines is 1. The molecule has 2 rings (SSSR count). The number of isocyanates is 1. The largest absolute Gasteiger partial charge is 0.460 e. The summed E-state index contributed by atoms with van der Waals surface area (Å²) in [6.07, 6.45) is -5.15. The second-order valence-corrected chi connectivity index (χ2v) is 8.56. The molecule has 0 radical (unpaired) electrons. The van der Waals surface area contributed by atoms with E-state index in [1.54, 1.807) is 0 Å². The van der Waals surface area contributed by atoms with Gasteiger partial charge in [-0.3, -0.25) is 4.79 Å². The van der Waals surface area contributed by atoms with E-state index in [1.165, 1.54) is 30.3 Å². The molecule has 166 valence electrons. The van der Waals surface area contributed by atoms with Crippen LogP contribution < -0.4 is 5.32 Å². The third-order valence-electron chi connectivity index (χ3n) is 3.50. The van der Waals surface area contributed by atoms with Gasteiger partial charge in [0.05, 0.1) is 11.4 Å². The van der Waals surface area contributed by atoms with Crippen LogP contribution in [0.15, 0.2) is 55.2 Å². The maximum absolute atomic E-state index is 13.6. The van der Waals surface area contributed by atoms with Crippen LogP contribution in [0, 0.1) is 0 Å². The molecule has 0 bridgehead atoms. The Morgan fingerprint density at radius 2 is 1.58 bits per heavy atom. The molecule has 1 amide bonds. The summed E-state index contributed by atoms with van der Waals surface area (Å²) in [6.45, 7) is 0. The number of benzene rings is 2. The van der Waals surface area contributed by atoms with Crippen molar-refractivity contribution in [3.05, 3.63) is 50.9 Å². The average molecular weight is 596 g/mol. The van der Waals surface area contributed by atoms with Gasteiger partial charge in [0, 0.05) is 19.4 Å². The minimum Gasteiger partial charge on any atom is -0.320 e. The minimum atomic E-state index is -6.45. The highest BCUT2D eigenvalue weighted by atomic mass is 79.9. The second-order valence-electron chi connectivity index (χ2n) is 5.66. The van der Waals surface area contributed by atoms with Crippen molar-refractivity contribution < 1.29 is 40.3 Å². The van der Waals surface area contributed by atoms with Gasteiger partial charge in [0.1, 0.15) is 0 Å². The van der Waals surface area contributed by atoms with Crippen LogP contribution in [0.4, 0.5) is 42.1 Å². The first-order valence-corrected chi connectivity index (χ1v) is 10.1. The minimum absolute atomic E-state index is 0.00969. The number of nitrogens with zero attached hydrogens (tertiary/aromatic N) is 1. The zero-order valence-corrected chi connectivity index (χ0v) is 18.5. The lowest BCUT2D eigenvalue weighted by atomic mass is 10.2. The van der Waals surface area contributed by atoms with Gasteiger partial charge in [-0.25, -0.2) is 4.79 Å². The van der Waals surface area contributed by atoms with Gasteiger partial charge in [0.15, 0.2) is 0 Å². The lowest BCUT2D eigenvalue weighted by Gasteiger charge is -2.27.